The molecular formula is C15H15N3O5S. The molecule has 0 unspecified atom stereocenters. The highest BCUT2D eigenvalue weighted by Gasteiger charge is 2.31. The van der Waals surface area contributed by atoms with E-state index in [0.29, 0.717) is 5.76 Å². The van der Waals surface area contributed by atoms with Crippen molar-refractivity contribution in [1.29, 1.82) is 0 Å². The average molecular weight is 349 g/mol. The second-order valence-electron chi connectivity index (χ2n) is 5.39. The standard InChI is InChI=1S/C15H15N3O5S/c1-10-8-13(17-23-10)16-14(19)9-18-11-4-2-3-5-12(11)24(21,22)7-6-15(18)20/h2-5,8H,6-7,9H2,1H3,(H,16,17,19). The third-order valence-corrected chi connectivity index (χ3v) is 5.33. The molecule has 1 N–H and O–H groups in total. The molecule has 1 aromatic carbocycles. The van der Waals surface area contributed by atoms with Crippen LogP contribution < -0.4 is 10.2 Å². The molecule has 0 spiro atoms. The maximum atomic E-state index is 12.3. The minimum Gasteiger partial charge on any atom is -0.360 e. The van der Waals surface area contributed by atoms with Gasteiger partial charge in [-0.2, -0.15) is 0 Å². The van der Waals surface area contributed by atoms with Crippen molar-refractivity contribution in [2.24, 2.45) is 0 Å². The maximum absolute atomic E-state index is 12.3. The van der Waals surface area contributed by atoms with Crippen molar-refractivity contribution >= 4 is 33.2 Å². The van der Waals surface area contributed by atoms with Crippen LogP contribution in [0.4, 0.5) is 11.5 Å². The molecule has 0 saturated heterocycles. The third-order valence-electron chi connectivity index (χ3n) is 3.57. The van der Waals surface area contributed by atoms with Crippen molar-refractivity contribution in [3.63, 3.8) is 0 Å². The molecule has 2 heterocycles. The minimum absolute atomic E-state index is 0.0564. The Kier molecular flexibility index (Phi) is 4.10. The molecule has 1 aliphatic rings. The van der Waals surface area contributed by atoms with Gasteiger partial charge in [0.05, 0.1) is 16.3 Å². The predicted octanol–water partition coefficient (Wildman–Crippen LogP) is 1.13. The summed E-state index contributed by atoms with van der Waals surface area (Å²) in [4.78, 5) is 25.7. The molecule has 9 heteroatoms. The van der Waals surface area contributed by atoms with Gasteiger partial charge in [-0.05, 0) is 19.1 Å². The molecule has 0 saturated carbocycles. The summed E-state index contributed by atoms with van der Waals surface area (Å²) >= 11 is 0. The van der Waals surface area contributed by atoms with Gasteiger partial charge in [-0.15, -0.1) is 0 Å². The number of nitrogens with zero attached hydrogens (tertiary/aromatic N) is 2. The molecule has 24 heavy (non-hydrogen) atoms. The Morgan fingerprint density at radius 1 is 1.38 bits per heavy atom. The van der Waals surface area contributed by atoms with Gasteiger partial charge in [0.1, 0.15) is 12.3 Å². The molecule has 2 aromatic rings. The van der Waals surface area contributed by atoms with Crippen LogP contribution in [0.3, 0.4) is 0 Å². The van der Waals surface area contributed by atoms with E-state index < -0.39 is 21.7 Å². The van der Waals surface area contributed by atoms with E-state index in [2.05, 4.69) is 10.5 Å². The molecule has 3 rings (SSSR count). The highest BCUT2D eigenvalue weighted by Crippen LogP contribution is 2.30. The van der Waals surface area contributed by atoms with E-state index in [1.54, 1.807) is 25.1 Å². The lowest BCUT2D eigenvalue weighted by Gasteiger charge is -2.21. The van der Waals surface area contributed by atoms with Crippen LogP contribution in [0.2, 0.25) is 0 Å². The molecule has 126 valence electrons. The lowest BCUT2D eigenvalue weighted by molar-refractivity contribution is -0.121. The Morgan fingerprint density at radius 3 is 2.83 bits per heavy atom. The zero-order valence-corrected chi connectivity index (χ0v) is 13.7. The molecule has 0 fully saturated rings. The summed E-state index contributed by atoms with van der Waals surface area (Å²) in [6, 6.07) is 7.71. The van der Waals surface area contributed by atoms with E-state index in [0.717, 1.165) is 0 Å². The summed E-state index contributed by atoms with van der Waals surface area (Å²) in [5, 5.41) is 6.16. The molecule has 1 aromatic heterocycles. The van der Waals surface area contributed by atoms with E-state index in [1.807, 2.05) is 0 Å². The van der Waals surface area contributed by atoms with Crippen molar-refractivity contribution in [1.82, 2.24) is 5.16 Å². The van der Waals surface area contributed by atoms with Gasteiger partial charge in [-0.1, -0.05) is 17.3 Å². The predicted molar refractivity (Wildman–Crippen MR) is 85.3 cm³/mol. The summed E-state index contributed by atoms with van der Waals surface area (Å²) in [5.41, 5.74) is 0.214. The summed E-state index contributed by atoms with van der Waals surface area (Å²) in [5.74, 6) is -0.419. The van der Waals surface area contributed by atoms with E-state index in [4.69, 9.17) is 4.52 Å². The molecule has 0 atom stereocenters. The Balaban J connectivity index is 1.88. The first-order chi connectivity index (χ1) is 11.4. The van der Waals surface area contributed by atoms with E-state index in [9.17, 15) is 18.0 Å². The van der Waals surface area contributed by atoms with Crippen molar-refractivity contribution in [2.45, 2.75) is 18.2 Å². The van der Waals surface area contributed by atoms with Crippen molar-refractivity contribution in [2.75, 3.05) is 22.5 Å². The number of sulfone groups is 1. The van der Waals surface area contributed by atoms with Crippen molar-refractivity contribution in [3.05, 3.63) is 36.1 Å². The second kappa shape index (κ2) is 6.08. The summed E-state index contributed by atoms with van der Waals surface area (Å²) < 4.78 is 29.4. The number of nitrogens with one attached hydrogen (secondary N) is 1. The zero-order chi connectivity index (χ0) is 17.3. The van der Waals surface area contributed by atoms with Gasteiger partial charge in [-0.3, -0.25) is 9.59 Å². The minimum atomic E-state index is -3.56. The number of fused-ring (bicyclic) bond motifs is 1. The van der Waals surface area contributed by atoms with E-state index >= 15 is 0 Å². The van der Waals surface area contributed by atoms with E-state index in [1.165, 1.54) is 17.0 Å². The molecule has 0 aliphatic carbocycles. The number of aryl methyl sites for hydroxylation is 1. The SMILES string of the molecule is Cc1cc(NC(=O)CN2C(=O)CCS(=O)(=O)c3ccccc32)no1. The summed E-state index contributed by atoms with van der Waals surface area (Å²) in [7, 11) is -3.56. The van der Waals surface area contributed by atoms with Gasteiger partial charge < -0.3 is 14.7 Å². The number of benzene rings is 1. The van der Waals surface area contributed by atoms with Gasteiger partial charge in [-0.25, -0.2) is 8.42 Å². The molecule has 2 amide bonds. The number of anilines is 2. The van der Waals surface area contributed by atoms with Crippen LogP contribution in [0.5, 0.6) is 0 Å². The zero-order valence-electron chi connectivity index (χ0n) is 12.9. The quantitative estimate of drug-likeness (QED) is 0.889. The van der Waals surface area contributed by atoms with Crippen LogP contribution >= 0.6 is 0 Å². The normalized spacial score (nSPS) is 16.4. The fraction of sp³-hybridized carbons (Fsp3) is 0.267. The smallest absolute Gasteiger partial charge is 0.245 e. The average Bonchev–Trinajstić information content (AvgIpc) is 2.91. The lowest BCUT2D eigenvalue weighted by Crippen LogP contribution is -2.38. The van der Waals surface area contributed by atoms with Gasteiger partial charge >= 0.3 is 0 Å². The highest BCUT2D eigenvalue weighted by molar-refractivity contribution is 7.91. The van der Waals surface area contributed by atoms with Crippen LogP contribution in [0.1, 0.15) is 12.2 Å². The van der Waals surface area contributed by atoms with Crippen LogP contribution in [-0.4, -0.2) is 37.7 Å². The second-order valence-corrected chi connectivity index (χ2v) is 7.47. The van der Waals surface area contributed by atoms with Gasteiger partial charge in [0.2, 0.25) is 11.8 Å². The first kappa shape index (κ1) is 16.2. The Labute approximate surface area is 138 Å². The topological polar surface area (TPSA) is 110 Å². The first-order valence-corrected chi connectivity index (χ1v) is 8.87. The fourth-order valence-corrected chi connectivity index (χ4v) is 3.91. The lowest BCUT2D eigenvalue weighted by atomic mass is 10.2. The number of amides is 2. The Hall–Kier alpha value is -2.68. The van der Waals surface area contributed by atoms with Crippen molar-refractivity contribution < 1.29 is 22.5 Å². The third kappa shape index (κ3) is 3.16. The number of carbonyl (C=O) groups is 2. The molecule has 8 nitrogen and oxygen atoms in total. The van der Waals surface area contributed by atoms with Gasteiger partial charge in [0.15, 0.2) is 15.7 Å². The molecule has 0 radical (unpaired) electrons. The Morgan fingerprint density at radius 2 is 2.12 bits per heavy atom. The van der Waals surface area contributed by atoms with Crippen molar-refractivity contribution in [3.8, 4) is 0 Å². The number of rotatable bonds is 3. The number of para-hydroxylation sites is 1. The fourth-order valence-electron chi connectivity index (χ4n) is 2.47. The molecule has 1 aliphatic heterocycles. The summed E-state index contributed by atoms with van der Waals surface area (Å²) in [6.45, 7) is 1.37. The largest absolute Gasteiger partial charge is 0.360 e. The monoisotopic (exact) mass is 349 g/mol. The van der Waals surface area contributed by atoms with Crippen LogP contribution in [-0.2, 0) is 19.4 Å². The van der Waals surface area contributed by atoms with Gasteiger partial charge in [0, 0.05) is 12.5 Å². The summed E-state index contributed by atoms with van der Waals surface area (Å²) in [6.07, 6.45) is -0.173. The number of carbonyl (C=O) groups excluding carboxylic acids is 2. The first-order valence-electron chi connectivity index (χ1n) is 7.22. The number of hydrogen-bond acceptors (Lipinski definition) is 6. The Bertz CT molecular complexity index is 903. The number of aromatic nitrogens is 1. The van der Waals surface area contributed by atoms with Gasteiger partial charge in [0.25, 0.3) is 0 Å². The number of hydrogen-bond donors (Lipinski definition) is 1. The highest BCUT2D eigenvalue weighted by atomic mass is 32.2. The van der Waals surface area contributed by atoms with Crippen LogP contribution in [0.25, 0.3) is 0 Å². The van der Waals surface area contributed by atoms with Crippen LogP contribution in [0.15, 0.2) is 39.8 Å². The maximum Gasteiger partial charge on any atom is 0.245 e. The molecular weight excluding hydrogens is 334 g/mol. The van der Waals surface area contributed by atoms with E-state index in [-0.39, 0.29) is 35.1 Å². The van der Waals surface area contributed by atoms with Crippen LogP contribution in [0, 0.1) is 6.92 Å². The molecule has 0 bridgehead atoms.